The van der Waals surface area contributed by atoms with Gasteiger partial charge in [-0.3, -0.25) is 4.79 Å². The molecule has 0 spiro atoms. The molecule has 1 aromatic heterocycles. The average molecular weight is 195 g/mol. The summed E-state index contributed by atoms with van der Waals surface area (Å²) >= 11 is 0. The summed E-state index contributed by atoms with van der Waals surface area (Å²) in [6.07, 6.45) is -4.45. The summed E-state index contributed by atoms with van der Waals surface area (Å²) in [5.41, 5.74) is 0. The van der Waals surface area contributed by atoms with E-state index in [2.05, 4.69) is 15.4 Å². The first-order valence-corrected chi connectivity index (χ1v) is 3.07. The van der Waals surface area contributed by atoms with Crippen molar-refractivity contribution in [3.05, 3.63) is 5.82 Å². The van der Waals surface area contributed by atoms with Crippen molar-refractivity contribution in [2.45, 2.75) is 6.18 Å². The lowest BCUT2D eigenvalue weighted by molar-refractivity contribution is -0.123. The van der Waals surface area contributed by atoms with Gasteiger partial charge in [0.2, 0.25) is 0 Å². The van der Waals surface area contributed by atoms with E-state index in [1.807, 2.05) is 5.21 Å². The predicted molar refractivity (Wildman–Crippen MR) is 32.6 cm³/mol. The Morgan fingerprint density at radius 2 is 2.23 bits per heavy atom. The lowest BCUT2D eigenvalue weighted by Crippen LogP contribution is -2.34. The van der Waals surface area contributed by atoms with E-state index in [0.717, 1.165) is 0 Å². The number of carbonyl (C=O) groups excluding carboxylic acids is 1. The molecule has 0 saturated heterocycles. The van der Waals surface area contributed by atoms with E-state index < -0.39 is 24.5 Å². The van der Waals surface area contributed by atoms with Crippen LogP contribution < -0.4 is 5.32 Å². The van der Waals surface area contributed by atoms with Gasteiger partial charge >= 0.3 is 6.18 Å². The Balaban J connectivity index is 2.44. The number of hydrogen-bond donors (Lipinski definition) is 2. The van der Waals surface area contributed by atoms with E-state index in [9.17, 15) is 18.0 Å². The minimum absolute atomic E-state index is 0.427. The second-order valence-electron chi connectivity index (χ2n) is 2.03. The lowest BCUT2D eigenvalue weighted by atomic mass is 10.5. The van der Waals surface area contributed by atoms with E-state index >= 15 is 0 Å². The second-order valence-corrected chi connectivity index (χ2v) is 2.03. The summed E-state index contributed by atoms with van der Waals surface area (Å²) in [4.78, 5) is 10.8. The first-order chi connectivity index (χ1) is 5.99. The van der Waals surface area contributed by atoms with Gasteiger partial charge < -0.3 is 5.32 Å². The molecule has 1 heterocycles. The number of nitrogens with zero attached hydrogens (tertiary/aromatic N) is 3. The van der Waals surface area contributed by atoms with Gasteiger partial charge in [0.15, 0.2) is 0 Å². The van der Waals surface area contributed by atoms with Crippen LogP contribution in [0.2, 0.25) is 0 Å². The van der Waals surface area contributed by atoms with Crippen LogP contribution in [0.3, 0.4) is 0 Å². The van der Waals surface area contributed by atoms with Gasteiger partial charge in [-0.15, -0.1) is 10.2 Å². The molecule has 13 heavy (non-hydrogen) atoms. The minimum Gasteiger partial charge on any atom is -0.340 e. The number of rotatable bonds is 2. The van der Waals surface area contributed by atoms with Crippen molar-refractivity contribution in [1.29, 1.82) is 0 Å². The first kappa shape index (κ1) is 9.42. The third-order valence-electron chi connectivity index (χ3n) is 0.998. The Labute approximate surface area is 69.5 Å². The monoisotopic (exact) mass is 195 g/mol. The highest BCUT2D eigenvalue weighted by atomic mass is 19.4. The maximum atomic E-state index is 11.6. The smallest absolute Gasteiger partial charge is 0.340 e. The van der Waals surface area contributed by atoms with Gasteiger partial charge in [0.1, 0.15) is 6.54 Å². The molecule has 0 radical (unpaired) electrons. The van der Waals surface area contributed by atoms with E-state index in [1.165, 1.54) is 0 Å². The number of aromatic nitrogens is 4. The van der Waals surface area contributed by atoms with Crippen LogP contribution >= 0.6 is 0 Å². The highest BCUT2D eigenvalue weighted by Crippen LogP contribution is 2.12. The molecule has 0 bridgehead atoms. The molecule has 0 atom stereocenters. The molecule has 2 N–H and O–H groups in total. The predicted octanol–water partition coefficient (Wildman–Crippen LogP) is -0.508. The number of hydrogen-bond acceptors (Lipinski definition) is 4. The summed E-state index contributed by atoms with van der Waals surface area (Å²) in [7, 11) is 0. The Morgan fingerprint density at radius 3 is 2.69 bits per heavy atom. The van der Waals surface area contributed by atoms with Crippen LogP contribution in [0.15, 0.2) is 0 Å². The summed E-state index contributed by atoms with van der Waals surface area (Å²) in [5, 5.41) is 12.9. The molecule has 0 aliphatic carbocycles. The minimum atomic E-state index is -4.45. The molecule has 6 nitrogen and oxygen atoms in total. The van der Waals surface area contributed by atoms with E-state index in [0.29, 0.717) is 0 Å². The molecule has 0 unspecified atom stereocenters. The number of tetrazole rings is 1. The van der Waals surface area contributed by atoms with Crippen molar-refractivity contribution in [3.63, 3.8) is 0 Å². The molecule has 0 saturated carbocycles. The summed E-state index contributed by atoms with van der Waals surface area (Å²) in [6.45, 7) is -1.42. The molecule has 0 aliphatic rings. The Bertz CT molecular complexity index is 280. The number of H-pyrrole nitrogens is 1. The van der Waals surface area contributed by atoms with Crippen LogP contribution in [-0.2, 0) is 0 Å². The summed E-state index contributed by atoms with van der Waals surface area (Å²) < 4.78 is 34.7. The second kappa shape index (κ2) is 3.37. The third kappa shape index (κ3) is 3.05. The van der Waals surface area contributed by atoms with Crippen molar-refractivity contribution in [2.24, 2.45) is 0 Å². The lowest BCUT2D eigenvalue weighted by Gasteiger charge is -2.05. The molecule has 1 aromatic rings. The number of alkyl halides is 3. The Morgan fingerprint density at radius 1 is 1.54 bits per heavy atom. The molecule has 0 aliphatic heterocycles. The summed E-state index contributed by atoms with van der Waals surface area (Å²) in [6, 6.07) is 0. The number of aromatic amines is 1. The number of amides is 1. The standard InChI is InChI=1S/C4H4F3N5O/c5-4(6,7)1-8-3(13)2-9-11-12-10-2/h1H2,(H,8,13)(H,9,10,11,12). The fraction of sp³-hybridized carbons (Fsp3) is 0.500. The maximum absolute atomic E-state index is 11.6. The topological polar surface area (TPSA) is 83.6 Å². The average Bonchev–Trinajstić information content (AvgIpc) is 2.50. The Hall–Kier alpha value is -1.67. The highest BCUT2D eigenvalue weighted by molar-refractivity contribution is 5.89. The van der Waals surface area contributed by atoms with Gasteiger partial charge in [-0.25, -0.2) is 0 Å². The van der Waals surface area contributed by atoms with E-state index in [-0.39, 0.29) is 0 Å². The zero-order valence-electron chi connectivity index (χ0n) is 6.09. The molecule has 1 amide bonds. The highest BCUT2D eigenvalue weighted by Gasteiger charge is 2.28. The first-order valence-electron chi connectivity index (χ1n) is 3.07. The van der Waals surface area contributed by atoms with Crippen LogP contribution in [0.25, 0.3) is 0 Å². The number of halogens is 3. The fourth-order valence-corrected chi connectivity index (χ4v) is 0.518. The van der Waals surface area contributed by atoms with Gasteiger partial charge in [0, 0.05) is 0 Å². The Kier molecular flexibility index (Phi) is 2.44. The van der Waals surface area contributed by atoms with Gasteiger partial charge in [-0.05, 0) is 5.21 Å². The van der Waals surface area contributed by atoms with Crippen molar-refractivity contribution < 1.29 is 18.0 Å². The largest absolute Gasteiger partial charge is 0.405 e. The SMILES string of the molecule is O=C(NCC(F)(F)F)c1nn[nH]n1. The van der Waals surface area contributed by atoms with Gasteiger partial charge in [-0.2, -0.15) is 18.4 Å². The molecular formula is C4H4F3N5O. The molecule has 1 rings (SSSR count). The summed E-state index contributed by atoms with van der Waals surface area (Å²) in [5.74, 6) is -1.45. The maximum Gasteiger partial charge on any atom is 0.405 e. The van der Waals surface area contributed by atoms with Gasteiger partial charge in [0.25, 0.3) is 11.7 Å². The van der Waals surface area contributed by atoms with Crippen molar-refractivity contribution in [1.82, 2.24) is 25.9 Å². The van der Waals surface area contributed by atoms with Crippen LogP contribution in [0.4, 0.5) is 13.2 Å². The van der Waals surface area contributed by atoms with Gasteiger partial charge in [0.05, 0.1) is 0 Å². The molecule has 0 fully saturated rings. The fourth-order valence-electron chi connectivity index (χ4n) is 0.518. The van der Waals surface area contributed by atoms with Crippen molar-refractivity contribution in [2.75, 3.05) is 6.54 Å². The van der Waals surface area contributed by atoms with Crippen LogP contribution in [0, 0.1) is 0 Å². The molecule has 0 aromatic carbocycles. The third-order valence-corrected chi connectivity index (χ3v) is 0.998. The van der Waals surface area contributed by atoms with Crippen LogP contribution in [-0.4, -0.2) is 39.3 Å². The van der Waals surface area contributed by atoms with E-state index in [4.69, 9.17) is 0 Å². The van der Waals surface area contributed by atoms with Crippen LogP contribution in [0.5, 0.6) is 0 Å². The number of carbonyl (C=O) groups is 1. The number of nitrogens with one attached hydrogen (secondary N) is 2. The van der Waals surface area contributed by atoms with Crippen molar-refractivity contribution in [3.8, 4) is 0 Å². The normalized spacial score (nSPS) is 11.3. The molecule has 72 valence electrons. The zero-order valence-corrected chi connectivity index (χ0v) is 6.09. The molecular weight excluding hydrogens is 191 g/mol. The van der Waals surface area contributed by atoms with Crippen molar-refractivity contribution >= 4 is 5.91 Å². The molecule has 9 heteroatoms. The quantitative estimate of drug-likeness (QED) is 0.665. The van der Waals surface area contributed by atoms with E-state index in [1.54, 1.807) is 5.32 Å². The van der Waals surface area contributed by atoms with Crippen LogP contribution in [0.1, 0.15) is 10.6 Å². The van der Waals surface area contributed by atoms with Gasteiger partial charge in [-0.1, -0.05) is 0 Å². The zero-order chi connectivity index (χ0) is 9.90.